The molecule has 3 atom stereocenters. The molecule has 1 saturated heterocycles. The number of rotatable bonds is 3. The summed E-state index contributed by atoms with van der Waals surface area (Å²) in [7, 11) is 0. The molecule has 1 saturated carbocycles. The van der Waals surface area contributed by atoms with Crippen molar-refractivity contribution in [3.63, 3.8) is 0 Å². The molecule has 0 aromatic heterocycles. The van der Waals surface area contributed by atoms with E-state index < -0.39 is 0 Å². The maximum atomic E-state index is 12.0. The van der Waals surface area contributed by atoms with Crippen LogP contribution < -0.4 is 0 Å². The fourth-order valence-electron chi connectivity index (χ4n) is 3.52. The van der Waals surface area contributed by atoms with E-state index in [1.54, 1.807) is 0 Å². The van der Waals surface area contributed by atoms with Crippen molar-refractivity contribution in [3.05, 3.63) is 0 Å². The van der Waals surface area contributed by atoms with Crippen molar-refractivity contribution in [3.8, 4) is 0 Å². The molecular formula is C15H28N2O. The lowest BCUT2D eigenvalue weighted by Crippen LogP contribution is -2.53. The van der Waals surface area contributed by atoms with Crippen molar-refractivity contribution in [2.45, 2.75) is 46.1 Å². The Kier molecular flexibility index (Phi) is 4.79. The van der Waals surface area contributed by atoms with Gasteiger partial charge in [-0.25, -0.2) is 0 Å². The Morgan fingerprint density at radius 2 is 2.06 bits per heavy atom. The van der Waals surface area contributed by atoms with E-state index in [-0.39, 0.29) is 0 Å². The van der Waals surface area contributed by atoms with Crippen molar-refractivity contribution in [1.29, 1.82) is 0 Å². The van der Waals surface area contributed by atoms with Crippen LogP contribution >= 0.6 is 0 Å². The van der Waals surface area contributed by atoms with Gasteiger partial charge in [0.25, 0.3) is 0 Å². The van der Waals surface area contributed by atoms with Crippen molar-refractivity contribution in [2.24, 2.45) is 11.8 Å². The molecule has 1 aliphatic heterocycles. The molecule has 0 aromatic rings. The van der Waals surface area contributed by atoms with Crippen LogP contribution in [-0.2, 0) is 4.79 Å². The van der Waals surface area contributed by atoms with Gasteiger partial charge in [0.05, 0.1) is 0 Å². The number of Topliss-reactive ketones (excluding diaryl/α,β-unsaturated/α-hetero) is 1. The highest BCUT2D eigenvalue weighted by molar-refractivity contribution is 5.81. The monoisotopic (exact) mass is 252 g/mol. The first kappa shape index (κ1) is 14.0. The van der Waals surface area contributed by atoms with Crippen LogP contribution in [-0.4, -0.2) is 54.3 Å². The first-order chi connectivity index (χ1) is 8.60. The third-order valence-corrected chi connectivity index (χ3v) is 4.76. The van der Waals surface area contributed by atoms with E-state index in [0.717, 1.165) is 57.9 Å². The SMILES string of the molecule is CCN1CCN(CC2CC(C)CCC2=O)CC1C. The van der Waals surface area contributed by atoms with Crippen LogP contribution in [0.5, 0.6) is 0 Å². The number of piperazine rings is 1. The van der Waals surface area contributed by atoms with E-state index in [2.05, 4.69) is 30.6 Å². The van der Waals surface area contributed by atoms with Gasteiger partial charge in [-0.05, 0) is 32.2 Å². The van der Waals surface area contributed by atoms with Gasteiger partial charge in [0, 0.05) is 44.6 Å². The first-order valence-electron chi connectivity index (χ1n) is 7.59. The quantitative estimate of drug-likeness (QED) is 0.768. The van der Waals surface area contributed by atoms with Gasteiger partial charge in [-0.15, -0.1) is 0 Å². The number of hydrogen-bond acceptors (Lipinski definition) is 3. The van der Waals surface area contributed by atoms with Crippen LogP contribution in [0, 0.1) is 11.8 Å². The summed E-state index contributed by atoms with van der Waals surface area (Å²) in [6, 6.07) is 0.639. The van der Waals surface area contributed by atoms with Crippen molar-refractivity contribution in [1.82, 2.24) is 9.80 Å². The molecule has 1 aliphatic carbocycles. The summed E-state index contributed by atoms with van der Waals surface area (Å²) in [6.07, 6.45) is 3.03. The molecule has 1 heterocycles. The van der Waals surface area contributed by atoms with Crippen molar-refractivity contribution < 1.29 is 4.79 Å². The van der Waals surface area contributed by atoms with E-state index in [9.17, 15) is 4.79 Å². The Balaban J connectivity index is 1.84. The summed E-state index contributed by atoms with van der Waals surface area (Å²) in [5, 5.41) is 0. The van der Waals surface area contributed by atoms with E-state index in [1.807, 2.05) is 0 Å². The zero-order valence-electron chi connectivity index (χ0n) is 12.2. The van der Waals surface area contributed by atoms with E-state index in [4.69, 9.17) is 0 Å². The Morgan fingerprint density at radius 3 is 2.72 bits per heavy atom. The molecule has 3 unspecified atom stereocenters. The number of hydrogen-bond donors (Lipinski definition) is 0. The summed E-state index contributed by atoms with van der Waals surface area (Å²) in [6.45, 7) is 12.4. The van der Waals surface area contributed by atoms with E-state index in [0.29, 0.717) is 17.7 Å². The van der Waals surface area contributed by atoms with Crippen LogP contribution in [0.1, 0.15) is 40.0 Å². The molecule has 3 nitrogen and oxygen atoms in total. The molecule has 0 radical (unpaired) electrons. The molecule has 0 bridgehead atoms. The lowest BCUT2D eigenvalue weighted by Gasteiger charge is -2.41. The maximum absolute atomic E-state index is 12.0. The second kappa shape index (κ2) is 6.16. The highest BCUT2D eigenvalue weighted by Gasteiger charge is 2.30. The second-order valence-corrected chi connectivity index (χ2v) is 6.28. The van der Waals surface area contributed by atoms with Gasteiger partial charge in [0.1, 0.15) is 5.78 Å². The van der Waals surface area contributed by atoms with Gasteiger partial charge in [-0.2, -0.15) is 0 Å². The Hall–Kier alpha value is -0.410. The zero-order chi connectivity index (χ0) is 13.1. The first-order valence-corrected chi connectivity index (χ1v) is 7.59. The number of ketones is 1. The Labute approximate surface area is 112 Å². The summed E-state index contributed by atoms with van der Waals surface area (Å²) < 4.78 is 0. The minimum atomic E-state index is 0.314. The summed E-state index contributed by atoms with van der Waals surface area (Å²) in [5.41, 5.74) is 0. The van der Waals surface area contributed by atoms with Gasteiger partial charge >= 0.3 is 0 Å². The summed E-state index contributed by atoms with van der Waals surface area (Å²) in [5.74, 6) is 1.56. The largest absolute Gasteiger partial charge is 0.300 e. The van der Waals surface area contributed by atoms with Crippen molar-refractivity contribution in [2.75, 3.05) is 32.7 Å². The van der Waals surface area contributed by atoms with Gasteiger partial charge in [0.15, 0.2) is 0 Å². The molecule has 104 valence electrons. The zero-order valence-corrected chi connectivity index (χ0v) is 12.2. The average molecular weight is 252 g/mol. The summed E-state index contributed by atoms with van der Waals surface area (Å²) in [4.78, 5) is 17.0. The molecule has 2 fully saturated rings. The van der Waals surface area contributed by atoms with Crippen LogP contribution in [0.3, 0.4) is 0 Å². The minimum absolute atomic E-state index is 0.314. The standard InChI is InChI=1S/C15H28N2O/c1-4-17-8-7-16(10-13(17)3)11-14-9-12(2)5-6-15(14)18/h12-14H,4-11H2,1-3H3. The number of carbonyl (C=O) groups is 1. The molecule has 3 heteroatoms. The normalized spacial score (nSPS) is 35.9. The minimum Gasteiger partial charge on any atom is -0.300 e. The lowest BCUT2D eigenvalue weighted by molar-refractivity contribution is -0.126. The third-order valence-electron chi connectivity index (χ3n) is 4.76. The molecule has 0 spiro atoms. The predicted octanol–water partition coefficient (Wildman–Crippen LogP) is 2.02. The second-order valence-electron chi connectivity index (χ2n) is 6.28. The number of likely N-dealkylation sites (N-methyl/N-ethyl adjacent to an activating group) is 1. The fourth-order valence-corrected chi connectivity index (χ4v) is 3.52. The predicted molar refractivity (Wildman–Crippen MR) is 74.7 cm³/mol. The average Bonchev–Trinajstić information content (AvgIpc) is 2.34. The van der Waals surface area contributed by atoms with Gasteiger partial charge in [0.2, 0.25) is 0 Å². The summed E-state index contributed by atoms with van der Waals surface area (Å²) >= 11 is 0. The molecule has 18 heavy (non-hydrogen) atoms. The molecule has 0 N–H and O–H groups in total. The molecule has 0 aromatic carbocycles. The molecule has 2 aliphatic rings. The smallest absolute Gasteiger partial charge is 0.137 e. The van der Waals surface area contributed by atoms with E-state index in [1.165, 1.54) is 0 Å². The van der Waals surface area contributed by atoms with Gasteiger partial charge in [-0.3, -0.25) is 14.6 Å². The van der Waals surface area contributed by atoms with Crippen LogP contribution in [0.2, 0.25) is 0 Å². The number of nitrogens with zero attached hydrogens (tertiary/aromatic N) is 2. The fraction of sp³-hybridized carbons (Fsp3) is 0.933. The van der Waals surface area contributed by atoms with Crippen LogP contribution in [0.25, 0.3) is 0 Å². The van der Waals surface area contributed by atoms with Crippen LogP contribution in [0.4, 0.5) is 0 Å². The van der Waals surface area contributed by atoms with E-state index >= 15 is 0 Å². The molecular weight excluding hydrogens is 224 g/mol. The lowest BCUT2D eigenvalue weighted by atomic mass is 9.81. The highest BCUT2D eigenvalue weighted by Crippen LogP contribution is 2.27. The van der Waals surface area contributed by atoms with Crippen LogP contribution in [0.15, 0.2) is 0 Å². The van der Waals surface area contributed by atoms with Gasteiger partial charge in [-0.1, -0.05) is 13.8 Å². The highest BCUT2D eigenvalue weighted by atomic mass is 16.1. The van der Waals surface area contributed by atoms with Crippen molar-refractivity contribution >= 4 is 5.78 Å². The topological polar surface area (TPSA) is 23.6 Å². The maximum Gasteiger partial charge on any atom is 0.137 e. The number of carbonyl (C=O) groups excluding carboxylic acids is 1. The Morgan fingerprint density at radius 1 is 1.28 bits per heavy atom. The molecule has 2 rings (SSSR count). The molecule has 0 amide bonds. The van der Waals surface area contributed by atoms with Gasteiger partial charge < -0.3 is 0 Å². The third kappa shape index (κ3) is 3.33. The Bertz CT molecular complexity index is 292.